The summed E-state index contributed by atoms with van der Waals surface area (Å²) >= 11 is 0. The molecular weight excluding hydrogens is 634 g/mol. The molecule has 44 heavy (non-hydrogen) atoms. The first-order valence-electron chi connectivity index (χ1n) is 15.3. The van der Waals surface area contributed by atoms with E-state index >= 15 is 0 Å². The summed E-state index contributed by atoms with van der Waals surface area (Å²) in [5, 5.41) is 42.2. The van der Waals surface area contributed by atoms with E-state index in [1.807, 2.05) is 0 Å². The van der Waals surface area contributed by atoms with E-state index in [0.717, 1.165) is 38.5 Å². The molecule has 250 valence electrons. The molecule has 0 saturated heterocycles. The molecule has 0 aliphatic rings. The Hall–Kier alpha value is 0.870. The molecule has 4 N–H and O–H groups in total. The van der Waals surface area contributed by atoms with Gasteiger partial charge in [-0.1, -0.05) is 70.4 Å². The van der Waals surface area contributed by atoms with Crippen molar-refractivity contribution in [3.05, 3.63) is 12.2 Å². The average molecular weight is 690 g/mol. The van der Waals surface area contributed by atoms with Gasteiger partial charge in [-0.3, -0.25) is 9.55 Å². The molecule has 0 fully saturated rings. The summed E-state index contributed by atoms with van der Waals surface area (Å²) in [4.78, 5) is 4.00. The smallest absolute Gasteiger partial charge is 0.862 e. The normalized spacial score (nSPS) is 15.4. The molecule has 12 nitrogen and oxygen atoms in total. The third-order valence-electron chi connectivity index (χ3n) is 7.08. The van der Waals surface area contributed by atoms with Gasteiger partial charge in [0, 0.05) is 0 Å². The van der Waals surface area contributed by atoms with Crippen LogP contribution in [0.2, 0.25) is 0 Å². The van der Waals surface area contributed by atoms with Gasteiger partial charge in [0.05, 0.1) is 35.6 Å². The molecule has 16 heteroatoms. The second-order valence-electron chi connectivity index (χ2n) is 11.3. The van der Waals surface area contributed by atoms with E-state index in [4.69, 9.17) is 4.55 Å². The van der Waals surface area contributed by atoms with Crippen LogP contribution >= 0.6 is 0 Å². The zero-order chi connectivity index (χ0) is 31.9. The van der Waals surface area contributed by atoms with Crippen LogP contribution < -0.4 is 64.2 Å². The number of aliphatic imine (C=N–C) groups is 1. The predicted molar refractivity (Wildman–Crippen MR) is 162 cm³/mol. The van der Waals surface area contributed by atoms with Crippen LogP contribution in [0.15, 0.2) is 17.1 Å². The maximum absolute atomic E-state index is 12.3. The van der Waals surface area contributed by atoms with Crippen molar-refractivity contribution < 1.29 is 110 Å². The first-order chi connectivity index (χ1) is 19.7. The zero-order valence-corrected chi connectivity index (χ0v) is 32.9. The minimum atomic E-state index is -4.78. The molecule has 0 amide bonds. The number of allylic oxidation sites excluding steroid dienone is 2. The van der Waals surface area contributed by atoms with Crippen LogP contribution in [0, 0.1) is 0 Å². The largest absolute Gasteiger partial charge is 1.00 e. The molecule has 0 aromatic rings. The van der Waals surface area contributed by atoms with Gasteiger partial charge in [-0.25, -0.2) is 8.42 Å². The molecule has 0 aromatic heterocycles. The minimum Gasteiger partial charge on any atom is -0.862 e. The Morgan fingerprint density at radius 3 is 1.75 bits per heavy atom. The van der Waals surface area contributed by atoms with Crippen molar-refractivity contribution in [2.45, 2.75) is 109 Å². The summed E-state index contributed by atoms with van der Waals surface area (Å²) in [5.41, 5.74) is 0. The Kier molecular flexibility index (Phi) is 32.3. The Labute approximate surface area is 310 Å². The molecule has 3 unspecified atom stereocenters. The quantitative estimate of drug-likeness (QED) is 0.0118. The fourth-order valence-corrected chi connectivity index (χ4v) is 6.22. The number of hydrogen-bond acceptors (Lipinski definition) is 10. The van der Waals surface area contributed by atoms with Gasteiger partial charge in [0.25, 0.3) is 10.1 Å². The topological polar surface area (TPSA) is 208 Å². The van der Waals surface area contributed by atoms with Crippen LogP contribution in [-0.4, -0.2) is 115 Å². The maximum Gasteiger partial charge on any atom is 1.00 e. The zero-order valence-electron chi connectivity index (χ0n) is 27.3. The van der Waals surface area contributed by atoms with Crippen LogP contribution in [-0.2, 0) is 20.2 Å². The first-order valence-corrected chi connectivity index (χ1v) is 18.5. The molecule has 0 spiro atoms. The van der Waals surface area contributed by atoms with Gasteiger partial charge in [0.15, 0.2) is 0 Å². The van der Waals surface area contributed by atoms with Crippen molar-refractivity contribution in [2.75, 3.05) is 50.8 Å². The van der Waals surface area contributed by atoms with Gasteiger partial charge in [-0.15, -0.1) is 0 Å². The van der Waals surface area contributed by atoms with Crippen LogP contribution in [0.1, 0.15) is 96.8 Å². The Morgan fingerprint density at radius 1 is 0.795 bits per heavy atom. The molecule has 3 atom stereocenters. The Balaban J connectivity index is -0.00000840. The van der Waals surface area contributed by atoms with Gasteiger partial charge in [-0.05, 0) is 44.4 Å². The molecule has 0 heterocycles. The van der Waals surface area contributed by atoms with Crippen LogP contribution in [0.5, 0.6) is 0 Å². The Bertz CT molecular complexity index is 925. The average Bonchev–Trinajstić information content (AvgIpc) is 2.84. The van der Waals surface area contributed by atoms with Gasteiger partial charge < -0.3 is 29.5 Å². The van der Waals surface area contributed by atoms with Crippen LogP contribution in [0.3, 0.4) is 0 Å². The predicted octanol–water partition coefficient (Wildman–Crippen LogP) is -4.25. The number of quaternary nitrogens is 1. The second-order valence-corrected chi connectivity index (χ2v) is 14.2. The molecule has 0 aromatic carbocycles. The van der Waals surface area contributed by atoms with E-state index in [0.29, 0.717) is 6.42 Å². The number of hydrogen-bond donors (Lipinski definition) is 4. The fraction of sp³-hybridized carbons (Fsp3) is 0.893. The van der Waals surface area contributed by atoms with Crippen LogP contribution in [0.4, 0.5) is 0 Å². The fourth-order valence-electron chi connectivity index (χ4n) is 5.05. The second kappa shape index (κ2) is 28.8. The van der Waals surface area contributed by atoms with E-state index in [1.165, 1.54) is 38.5 Å². The Morgan fingerprint density at radius 2 is 1.27 bits per heavy atom. The van der Waals surface area contributed by atoms with E-state index < -0.39 is 68.1 Å². The maximum atomic E-state index is 12.3. The van der Waals surface area contributed by atoms with Gasteiger partial charge in [0.1, 0.15) is 37.6 Å². The summed E-state index contributed by atoms with van der Waals surface area (Å²) in [6, 6.07) is 0. The molecule has 0 bridgehead atoms. The molecule has 0 rings (SSSR count). The van der Waals surface area contributed by atoms with Gasteiger partial charge in [-0.2, -0.15) is 8.42 Å². The van der Waals surface area contributed by atoms with E-state index in [2.05, 4.69) is 24.1 Å². The molecule has 0 radical (unpaired) electrons. The van der Waals surface area contributed by atoms with E-state index in [9.17, 15) is 41.8 Å². The monoisotopic (exact) mass is 689 g/mol. The van der Waals surface area contributed by atoms with Gasteiger partial charge >= 0.3 is 59.1 Å². The first kappa shape index (κ1) is 49.3. The van der Waals surface area contributed by atoms with E-state index in [-0.39, 0.29) is 91.1 Å². The summed E-state index contributed by atoms with van der Waals surface area (Å²) < 4.78 is 64.2. The SMILES string of the molecule is CCCCCCCC/C=C\CCCCCCCC([O-])=NCC[N+](CCO)(CC(O)CS(=O)(=O)[O-])CC(O)CS(=O)(=O)O.[Na+].[Na+]. The van der Waals surface area contributed by atoms with Crippen molar-refractivity contribution in [2.24, 2.45) is 4.99 Å². The van der Waals surface area contributed by atoms with Crippen LogP contribution in [0.25, 0.3) is 0 Å². The summed E-state index contributed by atoms with van der Waals surface area (Å²) in [5.74, 6) is -2.46. The van der Waals surface area contributed by atoms with Gasteiger partial charge in [0.2, 0.25) is 0 Å². The number of rotatable bonds is 28. The van der Waals surface area contributed by atoms with Crippen molar-refractivity contribution >= 4 is 26.1 Å². The van der Waals surface area contributed by atoms with E-state index in [1.54, 1.807) is 0 Å². The summed E-state index contributed by atoms with van der Waals surface area (Å²) in [6.45, 7) is 0.669. The molecular formula is C28H55N2Na2O10S2+. The van der Waals surface area contributed by atoms with Crippen molar-refractivity contribution in [3.8, 4) is 0 Å². The number of nitrogens with zero attached hydrogens (tertiary/aromatic N) is 2. The number of unbranched alkanes of at least 4 members (excludes halogenated alkanes) is 11. The van der Waals surface area contributed by atoms with Crippen molar-refractivity contribution in [1.29, 1.82) is 0 Å². The molecule has 0 aliphatic carbocycles. The minimum absolute atomic E-state index is 0. The molecule has 0 aliphatic heterocycles. The third-order valence-corrected chi connectivity index (χ3v) is 8.68. The standard InChI is InChI=1S/C28H56N2O10S2.2Na/c1-2-3-4-5-6-7-8-9-10-11-12-13-14-15-16-17-28(34)29-18-19-30(20-21-31,22-26(32)24-41(35,36)37)23-27(33)25-42(38,39)40;;/h9-10,26-27,31-33H,2-8,11-25H2,1H3,(H2-,29,34,35,36,37,38,39,40);;/q;2*+1/p-1/b10-9-;;. The third kappa shape index (κ3) is 31.5. The molecule has 0 saturated carbocycles. The van der Waals surface area contributed by atoms with Crippen molar-refractivity contribution in [3.63, 3.8) is 0 Å². The number of aliphatic hydroxyl groups excluding tert-OH is 3. The summed E-state index contributed by atoms with van der Waals surface area (Å²) in [7, 11) is -9.33. The summed E-state index contributed by atoms with van der Waals surface area (Å²) in [6.07, 6.45) is 16.3. The number of aliphatic hydroxyl groups is 3. The van der Waals surface area contributed by atoms with Crippen molar-refractivity contribution in [1.82, 2.24) is 0 Å².